The minimum atomic E-state index is -0.0843. The second-order valence-electron chi connectivity index (χ2n) is 3.02. The van der Waals surface area contributed by atoms with Gasteiger partial charge in [0.05, 0.1) is 5.54 Å². The fourth-order valence-electron chi connectivity index (χ4n) is 0.482. The van der Waals surface area contributed by atoms with Crippen molar-refractivity contribution in [2.75, 3.05) is 0 Å². The molecule has 0 saturated carbocycles. The Morgan fingerprint density at radius 2 is 2.00 bits per heavy atom. The van der Waals surface area contributed by atoms with Crippen LogP contribution in [0.4, 0.5) is 0 Å². The SMILES string of the molecule is CC(C)(C)n1nnc(Br)n1. The average Bonchev–Trinajstić information content (AvgIpc) is 2.11. The van der Waals surface area contributed by atoms with Crippen LogP contribution in [-0.2, 0) is 5.54 Å². The van der Waals surface area contributed by atoms with Gasteiger partial charge in [-0.2, -0.15) is 4.80 Å². The number of tetrazole rings is 1. The molecule has 56 valence electrons. The zero-order valence-corrected chi connectivity index (χ0v) is 7.75. The monoisotopic (exact) mass is 204 g/mol. The maximum atomic E-state index is 3.99. The predicted molar refractivity (Wildman–Crippen MR) is 40.5 cm³/mol. The first kappa shape index (κ1) is 7.65. The van der Waals surface area contributed by atoms with Crippen LogP contribution in [0.1, 0.15) is 20.8 Å². The highest BCUT2D eigenvalue weighted by Crippen LogP contribution is 2.10. The summed E-state index contributed by atoms with van der Waals surface area (Å²) in [4.78, 5) is 1.57. The van der Waals surface area contributed by atoms with Crippen molar-refractivity contribution in [3.63, 3.8) is 0 Å². The molecule has 0 radical (unpaired) electrons. The molecule has 0 spiro atoms. The zero-order chi connectivity index (χ0) is 7.78. The lowest BCUT2D eigenvalue weighted by Crippen LogP contribution is -2.24. The molecular formula is C5H9BrN4. The van der Waals surface area contributed by atoms with E-state index in [1.165, 1.54) is 0 Å². The standard InChI is InChI=1S/C5H9BrN4/c1-5(2,3)10-8-4(6)7-9-10/h1-3H3. The molecule has 1 aromatic rings. The molecule has 0 aromatic carbocycles. The van der Waals surface area contributed by atoms with E-state index in [0.717, 1.165) is 0 Å². The van der Waals surface area contributed by atoms with E-state index in [4.69, 9.17) is 0 Å². The third-order valence-electron chi connectivity index (χ3n) is 0.989. The van der Waals surface area contributed by atoms with E-state index in [0.29, 0.717) is 4.73 Å². The number of hydrogen-bond acceptors (Lipinski definition) is 3. The van der Waals surface area contributed by atoms with Crippen LogP contribution in [0.25, 0.3) is 0 Å². The van der Waals surface area contributed by atoms with Crippen molar-refractivity contribution in [1.82, 2.24) is 20.2 Å². The van der Waals surface area contributed by atoms with Crippen LogP contribution in [0.15, 0.2) is 4.73 Å². The highest BCUT2D eigenvalue weighted by atomic mass is 79.9. The van der Waals surface area contributed by atoms with E-state index in [2.05, 4.69) is 31.3 Å². The number of aromatic nitrogens is 4. The smallest absolute Gasteiger partial charge is 0.158 e. The largest absolute Gasteiger partial charge is 0.239 e. The van der Waals surface area contributed by atoms with Gasteiger partial charge in [0.2, 0.25) is 4.73 Å². The maximum Gasteiger partial charge on any atom is 0.239 e. The summed E-state index contributed by atoms with van der Waals surface area (Å²) in [6, 6.07) is 0. The van der Waals surface area contributed by atoms with Gasteiger partial charge < -0.3 is 0 Å². The van der Waals surface area contributed by atoms with Crippen molar-refractivity contribution in [2.24, 2.45) is 0 Å². The minimum absolute atomic E-state index is 0.0843. The fraction of sp³-hybridized carbons (Fsp3) is 0.800. The molecule has 5 heteroatoms. The molecule has 0 N–H and O–H groups in total. The summed E-state index contributed by atoms with van der Waals surface area (Å²) in [6.45, 7) is 6.04. The molecule has 1 rings (SSSR count). The van der Waals surface area contributed by atoms with Gasteiger partial charge in [-0.15, -0.1) is 10.2 Å². The Kier molecular flexibility index (Phi) is 1.76. The summed E-state index contributed by atoms with van der Waals surface area (Å²) in [6.07, 6.45) is 0. The van der Waals surface area contributed by atoms with Crippen molar-refractivity contribution in [3.8, 4) is 0 Å². The molecule has 0 aliphatic carbocycles. The van der Waals surface area contributed by atoms with Gasteiger partial charge in [0.25, 0.3) is 0 Å². The van der Waals surface area contributed by atoms with Crippen molar-refractivity contribution in [3.05, 3.63) is 4.73 Å². The topological polar surface area (TPSA) is 43.6 Å². The molecule has 1 aromatic heterocycles. The molecule has 0 unspecified atom stereocenters. The molecule has 0 aliphatic rings. The Balaban J connectivity index is 2.96. The van der Waals surface area contributed by atoms with Crippen LogP contribution in [-0.4, -0.2) is 20.2 Å². The molecule has 0 atom stereocenters. The molecule has 10 heavy (non-hydrogen) atoms. The summed E-state index contributed by atoms with van der Waals surface area (Å²) < 4.78 is 0.530. The van der Waals surface area contributed by atoms with Crippen LogP contribution in [0.2, 0.25) is 0 Å². The highest BCUT2D eigenvalue weighted by molar-refractivity contribution is 9.10. The Morgan fingerprint density at radius 1 is 1.40 bits per heavy atom. The van der Waals surface area contributed by atoms with Crippen molar-refractivity contribution < 1.29 is 0 Å². The van der Waals surface area contributed by atoms with E-state index in [-0.39, 0.29) is 5.54 Å². The Hall–Kier alpha value is -0.450. The molecule has 1 heterocycles. The van der Waals surface area contributed by atoms with Gasteiger partial charge in [-0.05, 0) is 41.9 Å². The number of nitrogens with zero attached hydrogens (tertiary/aromatic N) is 4. The summed E-state index contributed by atoms with van der Waals surface area (Å²) in [5, 5.41) is 11.5. The lowest BCUT2D eigenvalue weighted by atomic mass is 10.1. The van der Waals surface area contributed by atoms with Gasteiger partial charge in [-0.1, -0.05) is 0 Å². The van der Waals surface area contributed by atoms with Crippen LogP contribution >= 0.6 is 15.9 Å². The lowest BCUT2D eigenvalue weighted by Gasteiger charge is -2.14. The summed E-state index contributed by atoms with van der Waals surface area (Å²) >= 11 is 3.12. The maximum absolute atomic E-state index is 3.99. The quantitative estimate of drug-likeness (QED) is 0.638. The van der Waals surface area contributed by atoms with E-state index in [1.807, 2.05) is 20.8 Å². The number of hydrogen-bond donors (Lipinski definition) is 0. The Bertz CT molecular complexity index is 224. The van der Waals surface area contributed by atoms with Crippen molar-refractivity contribution in [2.45, 2.75) is 26.3 Å². The first-order valence-corrected chi connectivity index (χ1v) is 3.75. The third-order valence-corrected chi connectivity index (χ3v) is 1.31. The second-order valence-corrected chi connectivity index (χ2v) is 3.73. The predicted octanol–water partition coefficient (Wildman–Crippen LogP) is 1.19. The summed E-state index contributed by atoms with van der Waals surface area (Å²) in [5.41, 5.74) is -0.0843. The molecular weight excluding hydrogens is 196 g/mol. The summed E-state index contributed by atoms with van der Waals surface area (Å²) in [7, 11) is 0. The van der Waals surface area contributed by atoms with Crippen LogP contribution in [0.5, 0.6) is 0 Å². The Labute approximate surface area is 67.7 Å². The van der Waals surface area contributed by atoms with Crippen molar-refractivity contribution in [1.29, 1.82) is 0 Å². The molecule has 4 nitrogen and oxygen atoms in total. The van der Waals surface area contributed by atoms with Crippen LogP contribution < -0.4 is 0 Å². The van der Waals surface area contributed by atoms with Gasteiger partial charge in [0, 0.05) is 0 Å². The molecule has 0 fully saturated rings. The zero-order valence-electron chi connectivity index (χ0n) is 6.17. The first-order chi connectivity index (χ1) is 4.50. The minimum Gasteiger partial charge on any atom is -0.158 e. The molecule has 0 saturated heterocycles. The Morgan fingerprint density at radius 3 is 2.20 bits per heavy atom. The van der Waals surface area contributed by atoms with Crippen molar-refractivity contribution >= 4 is 15.9 Å². The number of halogens is 1. The van der Waals surface area contributed by atoms with E-state index >= 15 is 0 Å². The van der Waals surface area contributed by atoms with E-state index in [9.17, 15) is 0 Å². The van der Waals surface area contributed by atoms with Crippen LogP contribution in [0, 0.1) is 0 Å². The third kappa shape index (κ3) is 1.53. The molecule has 0 aliphatic heterocycles. The molecule has 0 bridgehead atoms. The first-order valence-electron chi connectivity index (χ1n) is 2.96. The van der Waals surface area contributed by atoms with Gasteiger partial charge in [0.15, 0.2) is 0 Å². The second kappa shape index (κ2) is 2.30. The van der Waals surface area contributed by atoms with Gasteiger partial charge in [-0.3, -0.25) is 0 Å². The lowest BCUT2D eigenvalue weighted by molar-refractivity contribution is 0.305. The highest BCUT2D eigenvalue weighted by Gasteiger charge is 2.15. The van der Waals surface area contributed by atoms with Crippen LogP contribution in [0.3, 0.4) is 0 Å². The fourth-order valence-corrected chi connectivity index (χ4v) is 0.703. The van der Waals surface area contributed by atoms with E-state index < -0.39 is 0 Å². The summed E-state index contributed by atoms with van der Waals surface area (Å²) in [5.74, 6) is 0. The number of rotatable bonds is 0. The van der Waals surface area contributed by atoms with Gasteiger partial charge >= 0.3 is 0 Å². The van der Waals surface area contributed by atoms with E-state index in [1.54, 1.807) is 4.80 Å². The normalized spacial score (nSPS) is 12.0. The molecule has 0 amide bonds. The van der Waals surface area contributed by atoms with Gasteiger partial charge in [0.1, 0.15) is 0 Å². The average molecular weight is 205 g/mol. The van der Waals surface area contributed by atoms with Gasteiger partial charge in [-0.25, -0.2) is 0 Å².